The number of carbonyl (C=O) groups is 1. The first-order valence-corrected chi connectivity index (χ1v) is 11.9. The maximum atomic E-state index is 13.5. The molecule has 13 heteroatoms. The van der Waals surface area contributed by atoms with Crippen molar-refractivity contribution in [1.29, 1.82) is 0 Å². The highest BCUT2D eigenvalue weighted by atomic mass is 19.3. The summed E-state index contributed by atoms with van der Waals surface area (Å²) < 4.78 is 50.2. The molecule has 0 N–H and O–H groups in total. The van der Waals surface area contributed by atoms with Gasteiger partial charge in [-0.1, -0.05) is 36.4 Å². The highest BCUT2D eigenvalue weighted by Crippen LogP contribution is 2.41. The maximum Gasteiger partial charge on any atom is 0.586 e. The van der Waals surface area contributed by atoms with Crippen LogP contribution in [-0.2, 0) is 17.9 Å². The van der Waals surface area contributed by atoms with Crippen molar-refractivity contribution in [3.8, 4) is 23.3 Å². The van der Waals surface area contributed by atoms with Crippen molar-refractivity contribution >= 4 is 17.1 Å². The SMILES string of the molecule is CCOC(=O)c1cnn(-c2nc(OCc3ccccc3)c3c(ncn3Cc3ccc4c(c3)OC(F)(F)O4)n2)c1. The lowest BCUT2D eigenvalue weighted by Gasteiger charge is -2.11. The molecule has 0 unspecified atom stereocenters. The molecule has 0 saturated carbocycles. The van der Waals surface area contributed by atoms with Gasteiger partial charge in [0.2, 0.25) is 5.88 Å². The van der Waals surface area contributed by atoms with Gasteiger partial charge in [0, 0.05) is 12.7 Å². The van der Waals surface area contributed by atoms with E-state index in [0.717, 1.165) is 5.56 Å². The van der Waals surface area contributed by atoms with Crippen molar-refractivity contribution < 1.29 is 32.5 Å². The number of nitrogens with zero attached hydrogens (tertiary/aromatic N) is 6. The average Bonchev–Trinajstić information content (AvgIpc) is 3.64. The summed E-state index contributed by atoms with van der Waals surface area (Å²) in [7, 11) is 0. The molecule has 0 atom stereocenters. The van der Waals surface area contributed by atoms with Crippen LogP contribution in [0.5, 0.6) is 17.4 Å². The average molecular weight is 534 g/mol. The van der Waals surface area contributed by atoms with Gasteiger partial charge in [0.1, 0.15) is 6.61 Å². The second kappa shape index (κ2) is 9.67. The number of halogens is 2. The second-order valence-electron chi connectivity index (χ2n) is 8.49. The zero-order valence-corrected chi connectivity index (χ0v) is 20.5. The molecular formula is C26H20F2N6O5. The van der Waals surface area contributed by atoms with Crippen LogP contribution in [0, 0.1) is 0 Å². The van der Waals surface area contributed by atoms with Crippen LogP contribution in [0.4, 0.5) is 8.78 Å². The van der Waals surface area contributed by atoms with Crippen LogP contribution >= 0.6 is 0 Å². The van der Waals surface area contributed by atoms with Crippen molar-refractivity contribution in [2.45, 2.75) is 26.4 Å². The fourth-order valence-electron chi connectivity index (χ4n) is 4.02. The molecular weight excluding hydrogens is 514 g/mol. The van der Waals surface area contributed by atoms with E-state index in [9.17, 15) is 13.6 Å². The van der Waals surface area contributed by atoms with E-state index in [1.807, 2.05) is 30.3 Å². The van der Waals surface area contributed by atoms with Gasteiger partial charge in [-0.3, -0.25) is 0 Å². The summed E-state index contributed by atoms with van der Waals surface area (Å²) in [6.07, 6.45) is 0.660. The molecule has 1 aliphatic heterocycles. The third-order valence-electron chi connectivity index (χ3n) is 5.76. The molecule has 0 fully saturated rings. The number of rotatable bonds is 8. The first-order chi connectivity index (χ1) is 18.9. The second-order valence-corrected chi connectivity index (χ2v) is 8.49. The van der Waals surface area contributed by atoms with E-state index >= 15 is 0 Å². The Hall–Kier alpha value is -5.07. The smallest absolute Gasteiger partial charge is 0.471 e. The molecule has 4 heterocycles. The minimum Gasteiger partial charge on any atom is -0.471 e. The van der Waals surface area contributed by atoms with Crippen molar-refractivity contribution in [3.63, 3.8) is 0 Å². The quantitative estimate of drug-likeness (QED) is 0.271. The molecule has 1 aliphatic rings. The minimum absolute atomic E-state index is 0.0412. The van der Waals surface area contributed by atoms with Crippen molar-refractivity contribution in [2.75, 3.05) is 6.61 Å². The van der Waals surface area contributed by atoms with Crippen LogP contribution in [0.3, 0.4) is 0 Å². The Kier molecular flexibility index (Phi) is 6.02. The van der Waals surface area contributed by atoms with Crippen LogP contribution in [-0.4, -0.2) is 48.2 Å². The molecule has 2 aromatic carbocycles. The van der Waals surface area contributed by atoms with E-state index in [0.29, 0.717) is 16.7 Å². The number of alkyl halides is 2. The summed E-state index contributed by atoms with van der Waals surface area (Å²) in [5.41, 5.74) is 2.60. The van der Waals surface area contributed by atoms with Crippen LogP contribution < -0.4 is 14.2 Å². The largest absolute Gasteiger partial charge is 0.586 e. The Morgan fingerprint density at radius 2 is 1.87 bits per heavy atom. The number of hydrogen-bond acceptors (Lipinski definition) is 9. The van der Waals surface area contributed by atoms with Gasteiger partial charge in [-0.25, -0.2) is 14.5 Å². The molecule has 0 spiro atoms. The first-order valence-electron chi connectivity index (χ1n) is 11.9. The van der Waals surface area contributed by atoms with Gasteiger partial charge in [0.05, 0.1) is 24.7 Å². The molecule has 6 rings (SSSR count). The predicted octanol–water partition coefficient (Wildman–Crippen LogP) is 4.14. The Bertz CT molecular complexity index is 1670. The Morgan fingerprint density at radius 3 is 2.69 bits per heavy atom. The molecule has 0 amide bonds. The summed E-state index contributed by atoms with van der Waals surface area (Å²) in [5, 5.41) is 4.19. The first kappa shape index (κ1) is 24.3. The Balaban J connectivity index is 1.36. The molecule has 5 aromatic rings. The number of carbonyl (C=O) groups excluding carboxylic acids is 1. The monoisotopic (exact) mass is 534 g/mol. The molecule has 0 aliphatic carbocycles. The highest BCUT2D eigenvalue weighted by Gasteiger charge is 2.43. The fraction of sp³-hybridized carbons (Fsp3) is 0.192. The predicted molar refractivity (Wildman–Crippen MR) is 131 cm³/mol. The molecule has 39 heavy (non-hydrogen) atoms. The summed E-state index contributed by atoms with van der Waals surface area (Å²) in [5.74, 6) is -0.262. The van der Waals surface area contributed by atoms with E-state index in [1.165, 1.54) is 29.2 Å². The van der Waals surface area contributed by atoms with Crippen LogP contribution in [0.15, 0.2) is 67.3 Å². The van der Waals surface area contributed by atoms with Gasteiger partial charge in [0.15, 0.2) is 22.7 Å². The van der Waals surface area contributed by atoms with Crippen molar-refractivity contribution in [3.05, 3.63) is 83.9 Å². The van der Waals surface area contributed by atoms with E-state index in [4.69, 9.17) is 9.47 Å². The molecule has 0 radical (unpaired) electrons. The fourth-order valence-corrected chi connectivity index (χ4v) is 4.02. The Morgan fingerprint density at radius 1 is 1.05 bits per heavy atom. The van der Waals surface area contributed by atoms with Gasteiger partial charge in [-0.2, -0.15) is 15.1 Å². The van der Waals surface area contributed by atoms with Crippen molar-refractivity contribution in [2.24, 2.45) is 0 Å². The summed E-state index contributed by atoms with van der Waals surface area (Å²) >= 11 is 0. The van der Waals surface area contributed by atoms with E-state index in [2.05, 4.69) is 29.5 Å². The number of ether oxygens (including phenoxy) is 4. The van der Waals surface area contributed by atoms with Gasteiger partial charge in [-0.15, -0.1) is 8.78 Å². The zero-order chi connectivity index (χ0) is 27.0. The normalized spacial score (nSPS) is 13.5. The standard InChI is InChI=1S/C26H20F2N6O5/c1-2-36-24(35)18-11-30-34(13-18)25-31-22-21(23(32-25)37-14-16-6-4-3-5-7-16)33(15-29-22)12-17-8-9-19-20(10-17)39-26(27,28)38-19/h3-11,13,15H,2,12,14H2,1H3. The Labute approximate surface area is 219 Å². The summed E-state index contributed by atoms with van der Waals surface area (Å²) in [6.45, 7) is 2.39. The lowest BCUT2D eigenvalue weighted by Crippen LogP contribution is -2.25. The van der Waals surface area contributed by atoms with Crippen LogP contribution in [0.1, 0.15) is 28.4 Å². The molecule has 198 valence electrons. The lowest BCUT2D eigenvalue weighted by atomic mass is 10.2. The van der Waals surface area contributed by atoms with Crippen molar-refractivity contribution in [1.82, 2.24) is 29.3 Å². The third-order valence-corrected chi connectivity index (χ3v) is 5.76. The number of imidazole rings is 1. The number of esters is 1. The van der Waals surface area contributed by atoms with Crippen LogP contribution in [0.25, 0.3) is 17.1 Å². The molecule has 0 saturated heterocycles. The van der Waals surface area contributed by atoms with E-state index in [-0.39, 0.29) is 48.6 Å². The molecule has 3 aromatic heterocycles. The molecule has 0 bridgehead atoms. The van der Waals surface area contributed by atoms with Gasteiger partial charge < -0.3 is 23.5 Å². The van der Waals surface area contributed by atoms with Gasteiger partial charge in [0.25, 0.3) is 5.95 Å². The topological polar surface area (TPSA) is 115 Å². The zero-order valence-electron chi connectivity index (χ0n) is 20.5. The minimum atomic E-state index is -3.70. The highest BCUT2D eigenvalue weighted by molar-refractivity contribution is 5.88. The van der Waals surface area contributed by atoms with Gasteiger partial charge >= 0.3 is 12.3 Å². The number of hydrogen-bond donors (Lipinski definition) is 0. The van der Waals surface area contributed by atoms with Crippen LogP contribution in [0.2, 0.25) is 0 Å². The van der Waals surface area contributed by atoms with E-state index < -0.39 is 12.3 Å². The molecule has 11 nitrogen and oxygen atoms in total. The summed E-state index contributed by atoms with van der Waals surface area (Å²) in [6, 6.07) is 14.1. The number of benzene rings is 2. The third kappa shape index (κ3) is 4.93. The summed E-state index contributed by atoms with van der Waals surface area (Å²) in [4.78, 5) is 25.6. The maximum absolute atomic E-state index is 13.5. The number of fused-ring (bicyclic) bond motifs is 2. The number of aromatic nitrogens is 6. The van der Waals surface area contributed by atoms with Gasteiger partial charge in [-0.05, 0) is 30.2 Å². The lowest BCUT2D eigenvalue weighted by molar-refractivity contribution is -0.286. The van der Waals surface area contributed by atoms with E-state index in [1.54, 1.807) is 23.9 Å².